The standard InChI is InChI=1S/C27H23F3N4O4S/c1-37-20-8-10-23-21(16-20)26(32-22-15-19(27(28,29)30)7-9-24(22)38-23)33-11-4-12-34(14-13-33)39(35,36)25-6-3-2-5-18(25)17-31/h2-3,5-10,15-16H,4,11-14H2,1H3. The molecule has 3 aromatic rings. The van der Waals surface area contributed by atoms with E-state index in [9.17, 15) is 26.9 Å². The Balaban J connectivity index is 1.53. The van der Waals surface area contributed by atoms with Gasteiger partial charge in [-0.05, 0) is 55.0 Å². The van der Waals surface area contributed by atoms with Gasteiger partial charge in [0.05, 0.1) is 28.7 Å². The highest BCUT2D eigenvalue weighted by molar-refractivity contribution is 7.89. The third kappa shape index (κ3) is 5.15. The van der Waals surface area contributed by atoms with E-state index < -0.39 is 21.8 Å². The first-order chi connectivity index (χ1) is 18.6. The fourth-order valence-corrected chi connectivity index (χ4v) is 6.18. The molecule has 3 aromatic carbocycles. The molecule has 39 heavy (non-hydrogen) atoms. The fourth-order valence-electron chi connectivity index (χ4n) is 4.57. The van der Waals surface area contributed by atoms with Crippen molar-refractivity contribution in [3.8, 4) is 23.3 Å². The lowest BCUT2D eigenvalue weighted by Gasteiger charge is -2.25. The predicted octanol–water partition coefficient (Wildman–Crippen LogP) is 5.17. The van der Waals surface area contributed by atoms with E-state index in [2.05, 4.69) is 4.99 Å². The SMILES string of the molecule is COc1ccc2c(c1)C(N1CCCN(S(=O)(=O)c3ccccc3C#N)CC1)=Nc1cc(C(F)(F)F)ccc1O2. The fraction of sp³-hybridized carbons (Fsp3) is 0.259. The maximum absolute atomic E-state index is 13.5. The van der Waals surface area contributed by atoms with Crippen LogP contribution in [0.3, 0.4) is 0 Å². The molecule has 1 fully saturated rings. The van der Waals surface area contributed by atoms with Gasteiger partial charge >= 0.3 is 6.18 Å². The Bertz CT molecular complexity index is 1600. The molecule has 0 atom stereocenters. The maximum Gasteiger partial charge on any atom is 0.416 e. The lowest BCUT2D eigenvalue weighted by atomic mass is 10.1. The molecule has 1 saturated heterocycles. The van der Waals surface area contributed by atoms with Crippen molar-refractivity contribution in [1.29, 1.82) is 5.26 Å². The molecular formula is C27H23F3N4O4S. The van der Waals surface area contributed by atoms with Crippen molar-refractivity contribution in [1.82, 2.24) is 9.21 Å². The van der Waals surface area contributed by atoms with Crippen LogP contribution in [-0.2, 0) is 16.2 Å². The van der Waals surface area contributed by atoms with Gasteiger partial charge in [0.25, 0.3) is 0 Å². The summed E-state index contributed by atoms with van der Waals surface area (Å²) in [7, 11) is -2.46. The Morgan fingerprint density at radius 1 is 1.00 bits per heavy atom. The van der Waals surface area contributed by atoms with E-state index in [1.807, 2.05) is 11.0 Å². The number of sulfonamides is 1. The first-order valence-corrected chi connectivity index (χ1v) is 13.5. The summed E-state index contributed by atoms with van der Waals surface area (Å²) in [4.78, 5) is 6.39. The molecule has 0 amide bonds. The summed E-state index contributed by atoms with van der Waals surface area (Å²) in [6, 6.07) is 16.1. The van der Waals surface area contributed by atoms with Crippen molar-refractivity contribution in [2.45, 2.75) is 17.5 Å². The van der Waals surface area contributed by atoms with Crippen LogP contribution in [0.4, 0.5) is 18.9 Å². The Morgan fingerprint density at radius 2 is 1.77 bits per heavy atom. The molecule has 0 unspecified atom stereocenters. The van der Waals surface area contributed by atoms with E-state index in [1.165, 1.54) is 29.6 Å². The molecule has 0 saturated carbocycles. The molecule has 0 N–H and O–H groups in total. The second-order valence-electron chi connectivity index (χ2n) is 8.93. The molecule has 2 aliphatic heterocycles. The molecule has 0 aliphatic carbocycles. The van der Waals surface area contributed by atoms with Gasteiger partial charge in [0.15, 0.2) is 5.75 Å². The quantitative estimate of drug-likeness (QED) is 0.442. The molecule has 2 heterocycles. The molecule has 8 nitrogen and oxygen atoms in total. The van der Waals surface area contributed by atoms with Crippen LogP contribution in [0.5, 0.6) is 17.2 Å². The number of nitrogens with zero attached hydrogens (tertiary/aromatic N) is 4. The van der Waals surface area contributed by atoms with E-state index in [4.69, 9.17) is 9.47 Å². The third-order valence-corrected chi connectivity index (χ3v) is 8.50. The van der Waals surface area contributed by atoms with Gasteiger partial charge in [-0.1, -0.05) is 12.1 Å². The van der Waals surface area contributed by atoms with Crippen LogP contribution in [0, 0.1) is 11.3 Å². The maximum atomic E-state index is 13.5. The summed E-state index contributed by atoms with van der Waals surface area (Å²) >= 11 is 0. The Morgan fingerprint density at radius 3 is 2.51 bits per heavy atom. The number of amidine groups is 1. The number of hydrogen-bond donors (Lipinski definition) is 0. The number of fused-ring (bicyclic) bond motifs is 2. The number of methoxy groups -OCH3 is 1. The van der Waals surface area contributed by atoms with Gasteiger partial charge in [-0.25, -0.2) is 13.4 Å². The van der Waals surface area contributed by atoms with Crippen molar-refractivity contribution in [3.05, 3.63) is 77.4 Å². The highest BCUT2D eigenvalue weighted by atomic mass is 32.2. The average molecular weight is 557 g/mol. The molecule has 0 bridgehead atoms. The van der Waals surface area contributed by atoms with Crippen molar-refractivity contribution in [3.63, 3.8) is 0 Å². The molecule has 2 aliphatic rings. The first-order valence-electron chi connectivity index (χ1n) is 12.0. The van der Waals surface area contributed by atoms with Crippen molar-refractivity contribution in [2.75, 3.05) is 33.3 Å². The Labute approximate surface area is 223 Å². The Hall–Kier alpha value is -4.08. The number of halogens is 3. The average Bonchev–Trinajstić information content (AvgIpc) is 3.27. The van der Waals surface area contributed by atoms with Crippen LogP contribution in [-0.4, -0.2) is 56.7 Å². The number of alkyl halides is 3. The second-order valence-corrected chi connectivity index (χ2v) is 10.8. The minimum atomic E-state index is -4.57. The van der Waals surface area contributed by atoms with Crippen LogP contribution in [0.15, 0.2) is 70.6 Å². The number of rotatable bonds is 3. The van der Waals surface area contributed by atoms with Crippen LogP contribution in [0.25, 0.3) is 0 Å². The van der Waals surface area contributed by atoms with E-state index in [0.29, 0.717) is 35.9 Å². The van der Waals surface area contributed by atoms with E-state index in [1.54, 1.807) is 30.3 Å². The van der Waals surface area contributed by atoms with Gasteiger partial charge in [0.1, 0.15) is 29.1 Å². The topological polar surface area (TPSA) is 95.2 Å². The van der Waals surface area contributed by atoms with E-state index in [0.717, 1.165) is 12.1 Å². The molecule has 202 valence electrons. The minimum absolute atomic E-state index is 0.00617. The van der Waals surface area contributed by atoms with Crippen molar-refractivity contribution >= 4 is 21.5 Å². The molecular weight excluding hydrogens is 533 g/mol. The van der Waals surface area contributed by atoms with Gasteiger partial charge in [-0.3, -0.25) is 0 Å². The van der Waals surface area contributed by atoms with E-state index >= 15 is 0 Å². The zero-order valence-electron chi connectivity index (χ0n) is 20.8. The summed E-state index contributed by atoms with van der Waals surface area (Å²) in [5.41, 5.74) is -0.292. The van der Waals surface area contributed by atoms with Crippen LogP contribution in [0.2, 0.25) is 0 Å². The van der Waals surface area contributed by atoms with Gasteiger partial charge in [-0.15, -0.1) is 0 Å². The highest BCUT2D eigenvalue weighted by Crippen LogP contribution is 2.42. The van der Waals surface area contributed by atoms with Crippen LogP contribution < -0.4 is 9.47 Å². The smallest absolute Gasteiger partial charge is 0.416 e. The van der Waals surface area contributed by atoms with Gasteiger partial charge in [-0.2, -0.15) is 22.7 Å². The zero-order chi connectivity index (χ0) is 27.8. The molecule has 5 rings (SSSR count). The summed E-state index contributed by atoms with van der Waals surface area (Å²) in [6.07, 6.45) is -4.15. The number of hydrogen-bond acceptors (Lipinski definition) is 7. The molecule has 0 spiro atoms. The second kappa shape index (κ2) is 10.2. The summed E-state index contributed by atoms with van der Waals surface area (Å²) in [5.74, 6) is 1.39. The van der Waals surface area contributed by atoms with Crippen LogP contribution >= 0.6 is 0 Å². The van der Waals surface area contributed by atoms with Gasteiger partial charge in [0.2, 0.25) is 10.0 Å². The molecule has 12 heteroatoms. The van der Waals surface area contributed by atoms with Crippen LogP contribution in [0.1, 0.15) is 23.1 Å². The lowest BCUT2D eigenvalue weighted by molar-refractivity contribution is -0.137. The summed E-state index contributed by atoms with van der Waals surface area (Å²) < 4.78 is 79.9. The molecule has 0 radical (unpaired) electrons. The predicted molar refractivity (Wildman–Crippen MR) is 137 cm³/mol. The lowest BCUT2D eigenvalue weighted by Crippen LogP contribution is -2.37. The minimum Gasteiger partial charge on any atom is -0.497 e. The summed E-state index contributed by atoms with van der Waals surface area (Å²) in [6.45, 7) is 0.867. The van der Waals surface area contributed by atoms with E-state index in [-0.39, 0.29) is 41.5 Å². The number of benzene rings is 3. The first kappa shape index (κ1) is 26.5. The van der Waals surface area contributed by atoms with Crippen molar-refractivity contribution in [2.24, 2.45) is 4.99 Å². The number of ether oxygens (including phenoxy) is 2. The largest absolute Gasteiger partial charge is 0.497 e. The molecule has 0 aromatic heterocycles. The zero-order valence-corrected chi connectivity index (χ0v) is 21.6. The number of aliphatic imine (C=N–C) groups is 1. The van der Waals surface area contributed by atoms with Gasteiger partial charge in [0, 0.05) is 26.2 Å². The van der Waals surface area contributed by atoms with Gasteiger partial charge < -0.3 is 14.4 Å². The third-order valence-electron chi connectivity index (χ3n) is 6.54. The Kier molecular flexibility index (Phi) is 6.96. The normalized spacial score (nSPS) is 16.1. The number of nitriles is 1. The monoisotopic (exact) mass is 556 g/mol. The summed E-state index contributed by atoms with van der Waals surface area (Å²) in [5, 5.41) is 9.41. The van der Waals surface area contributed by atoms with Crippen molar-refractivity contribution < 1.29 is 31.1 Å². The highest BCUT2D eigenvalue weighted by Gasteiger charge is 2.34.